The number of carbonyl (C=O) groups is 1. The number of rotatable bonds is 4. The second kappa shape index (κ2) is 7.12. The molecular weight excluding hydrogens is 326 g/mol. The Morgan fingerprint density at radius 3 is 2.88 bits per heavy atom. The van der Waals surface area contributed by atoms with Crippen LogP contribution in [0.3, 0.4) is 0 Å². The minimum absolute atomic E-state index is 0.0354. The van der Waals surface area contributed by atoms with Gasteiger partial charge in [-0.1, -0.05) is 36.4 Å². The Balaban J connectivity index is 1.44. The van der Waals surface area contributed by atoms with Crippen LogP contribution < -0.4 is 10.9 Å². The summed E-state index contributed by atoms with van der Waals surface area (Å²) in [6.45, 7) is 0.330. The summed E-state index contributed by atoms with van der Waals surface area (Å²) in [4.78, 5) is 29.2. The Labute approximate surface area is 151 Å². The Kier molecular flexibility index (Phi) is 4.52. The standard InChI is InChI=1S/C21H21N3O2/c25-20(23-19-11-5-7-15-6-1-2-8-16(15)19)12-13-24-14-22-18-10-4-3-9-17(18)21(24)26/h1-4,6,8-10,14,19H,5,7,11-13H2,(H,23,25)/t19-/m0/s1. The molecule has 0 bridgehead atoms. The van der Waals surface area contributed by atoms with Crippen molar-refractivity contribution in [2.24, 2.45) is 0 Å². The van der Waals surface area contributed by atoms with E-state index in [1.807, 2.05) is 30.3 Å². The van der Waals surface area contributed by atoms with E-state index in [0.717, 1.165) is 19.3 Å². The van der Waals surface area contributed by atoms with Gasteiger partial charge < -0.3 is 5.32 Å². The molecule has 0 unspecified atom stereocenters. The van der Waals surface area contributed by atoms with Crippen molar-refractivity contribution in [3.8, 4) is 0 Å². The molecule has 1 aliphatic carbocycles. The number of fused-ring (bicyclic) bond motifs is 2. The maximum absolute atomic E-state index is 12.5. The molecule has 0 aliphatic heterocycles. The molecule has 3 aromatic rings. The third-order valence-electron chi connectivity index (χ3n) is 5.02. The normalized spacial score (nSPS) is 16.2. The maximum Gasteiger partial charge on any atom is 0.261 e. The average Bonchev–Trinajstić information content (AvgIpc) is 2.68. The van der Waals surface area contributed by atoms with E-state index in [2.05, 4.69) is 22.4 Å². The molecular formula is C21H21N3O2. The largest absolute Gasteiger partial charge is 0.349 e. The van der Waals surface area contributed by atoms with Crippen molar-refractivity contribution in [2.75, 3.05) is 0 Å². The predicted molar refractivity (Wildman–Crippen MR) is 101 cm³/mol. The van der Waals surface area contributed by atoms with Crippen molar-refractivity contribution in [2.45, 2.75) is 38.3 Å². The molecule has 1 aromatic heterocycles. The van der Waals surface area contributed by atoms with Crippen LogP contribution in [-0.2, 0) is 17.8 Å². The Morgan fingerprint density at radius 2 is 1.96 bits per heavy atom. The van der Waals surface area contributed by atoms with E-state index in [1.54, 1.807) is 6.07 Å². The number of hydrogen-bond donors (Lipinski definition) is 1. The number of para-hydroxylation sites is 1. The number of hydrogen-bond acceptors (Lipinski definition) is 3. The summed E-state index contributed by atoms with van der Waals surface area (Å²) in [5.41, 5.74) is 3.11. The summed E-state index contributed by atoms with van der Waals surface area (Å²) in [5.74, 6) is -0.0354. The van der Waals surface area contributed by atoms with Crippen LogP contribution in [0.5, 0.6) is 0 Å². The zero-order valence-electron chi connectivity index (χ0n) is 14.5. The zero-order valence-corrected chi connectivity index (χ0v) is 14.5. The molecule has 1 aliphatic rings. The van der Waals surface area contributed by atoms with Gasteiger partial charge in [0.25, 0.3) is 5.56 Å². The fourth-order valence-corrected chi connectivity index (χ4v) is 3.66. The predicted octanol–water partition coefficient (Wildman–Crippen LogP) is 2.98. The van der Waals surface area contributed by atoms with Gasteiger partial charge in [-0.05, 0) is 42.5 Å². The first-order valence-electron chi connectivity index (χ1n) is 9.04. The molecule has 1 atom stereocenters. The molecule has 1 heterocycles. The van der Waals surface area contributed by atoms with Crippen LogP contribution in [0.15, 0.2) is 59.7 Å². The van der Waals surface area contributed by atoms with Crippen molar-refractivity contribution in [1.82, 2.24) is 14.9 Å². The highest BCUT2D eigenvalue weighted by Gasteiger charge is 2.21. The quantitative estimate of drug-likeness (QED) is 0.789. The first kappa shape index (κ1) is 16.5. The van der Waals surface area contributed by atoms with Gasteiger partial charge in [-0.15, -0.1) is 0 Å². The van der Waals surface area contributed by atoms with Crippen molar-refractivity contribution < 1.29 is 4.79 Å². The molecule has 132 valence electrons. The molecule has 26 heavy (non-hydrogen) atoms. The lowest BCUT2D eigenvalue weighted by Gasteiger charge is -2.26. The van der Waals surface area contributed by atoms with E-state index in [9.17, 15) is 9.59 Å². The van der Waals surface area contributed by atoms with Crippen LogP contribution in [0.4, 0.5) is 0 Å². The van der Waals surface area contributed by atoms with Gasteiger partial charge in [-0.2, -0.15) is 0 Å². The van der Waals surface area contributed by atoms with Gasteiger partial charge in [0.05, 0.1) is 23.3 Å². The second-order valence-electron chi connectivity index (χ2n) is 6.72. The third-order valence-corrected chi connectivity index (χ3v) is 5.02. The van der Waals surface area contributed by atoms with Gasteiger partial charge in [-0.3, -0.25) is 14.2 Å². The molecule has 0 spiro atoms. The first-order valence-corrected chi connectivity index (χ1v) is 9.04. The molecule has 4 rings (SSSR count). The molecule has 0 saturated heterocycles. The van der Waals surface area contributed by atoms with E-state index in [4.69, 9.17) is 0 Å². The van der Waals surface area contributed by atoms with E-state index >= 15 is 0 Å². The van der Waals surface area contributed by atoms with Gasteiger partial charge >= 0.3 is 0 Å². The van der Waals surface area contributed by atoms with E-state index in [1.165, 1.54) is 22.0 Å². The monoisotopic (exact) mass is 347 g/mol. The van der Waals surface area contributed by atoms with Crippen LogP contribution in [0.2, 0.25) is 0 Å². The minimum Gasteiger partial charge on any atom is -0.349 e. The van der Waals surface area contributed by atoms with Crippen LogP contribution in [0, 0.1) is 0 Å². The number of carbonyl (C=O) groups excluding carboxylic acids is 1. The SMILES string of the molecule is O=C(CCn1cnc2ccccc2c1=O)N[C@H]1CCCc2ccccc21. The van der Waals surface area contributed by atoms with Crippen LogP contribution >= 0.6 is 0 Å². The van der Waals surface area contributed by atoms with Crippen LogP contribution in [-0.4, -0.2) is 15.5 Å². The number of amides is 1. The van der Waals surface area contributed by atoms with Crippen molar-refractivity contribution in [3.05, 3.63) is 76.3 Å². The first-order chi connectivity index (χ1) is 12.7. The number of nitrogens with one attached hydrogen (secondary N) is 1. The van der Waals surface area contributed by atoms with E-state index < -0.39 is 0 Å². The second-order valence-corrected chi connectivity index (χ2v) is 6.72. The average molecular weight is 347 g/mol. The summed E-state index contributed by atoms with van der Waals surface area (Å²) >= 11 is 0. The van der Waals surface area contributed by atoms with Crippen LogP contribution in [0.1, 0.15) is 36.4 Å². The van der Waals surface area contributed by atoms with Crippen LogP contribution in [0.25, 0.3) is 10.9 Å². The fourth-order valence-electron chi connectivity index (χ4n) is 3.66. The summed E-state index contributed by atoms with van der Waals surface area (Å²) in [5, 5.41) is 3.71. The zero-order chi connectivity index (χ0) is 17.9. The summed E-state index contributed by atoms with van der Waals surface area (Å²) in [7, 11) is 0. The lowest BCUT2D eigenvalue weighted by Crippen LogP contribution is -2.32. The lowest BCUT2D eigenvalue weighted by molar-refractivity contribution is -0.122. The molecule has 2 aromatic carbocycles. The Hall–Kier alpha value is -2.95. The highest BCUT2D eigenvalue weighted by molar-refractivity contribution is 5.77. The molecule has 0 fully saturated rings. The minimum atomic E-state index is -0.105. The molecule has 5 heteroatoms. The molecule has 5 nitrogen and oxygen atoms in total. The number of nitrogens with zero attached hydrogens (tertiary/aromatic N) is 2. The molecule has 0 radical (unpaired) electrons. The fraction of sp³-hybridized carbons (Fsp3) is 0.286. The van der Waals surface area contributed by atoms with E-state index in [0.29, 0.717) is 17.4 Å². The lowest BCUT2D eigenvalue weighted by atomic mass is 9.88. The highest BCUT2D eigenvalue weighted by Crippen LogP contribution is 2.29. The summed E-state index contributed by atoms with van der Waals surface area (Å²) < 4.78 is 1.51. The topological polar surface area (TPSA) is 64.0 Å². The van der Waals surface area contributed by atoms with Gasteiger partial charge in [-0.25, -0.2) is 4.98 Å². The number of benzene rings is 2. The highest BCUT2D eigenvalue weighted by atomic mass is 16.2. The van der Waals surface area contributed by atoms with E-state index in [-0.39, 0.29) is 23.9 Å². The van der Waals surface area contributed by atoms with Gasteiger partial charge in [0.1, 0.15) is 0 Å². The number of aromatic nitrogens is 2. The Morgan fingerprint density at radius 1 is 1.15 bits per heavy atom. The van der Waals surface area contributed by atoms with Gasteiger partial charge in [0, 0.05) is 13.0 Å². The van der Waals surface area contributed by atoms with Gasteiger partial charge in [0.15, 0.2) is 0 Å². The van der Waals surface area contributed by atoms with Gasteiger partial charge in [0.2, 0.25) is 5.91 Å². The number of aryl methyl sites for hydroxylation is 2. The third kappa shape index (κ3) is 3.25. The molecule has 1 N–H and O–H groups in total. The molecule has 1 amide bonds. The van der Waals surface area contributed by atoms with Crippen molar-refractivity contribution >= 4 is 16.8 Å². The Bertz CT molecular complexity index is 1010. The summed E-state index contributed by atoms with van der Waals surface area (Å²) in [6, 6.07) is 15.6. The smallest absolute Gasteiger partial charge is 0.261 e. The van der Waals surface area contributed by atoms with Crippen molar-refractivity contribution in [3.63, 3.8) is 0 Å². The maximum atomic E-state index is 12.5. The van der Waals surface area contributed by atoms with Crippen molar-refractivity contribution in [1.29, 1.82) is 0 Å². The molecule has 0 saturated carbocycles. The summed E-state index contributed by atoms with van der Waals surface area (Å²) in [6.07, 6.45) is 4.89.